The molecule has 2 rings (SSSR count). The number of hydrogen-bond donors (Lipinski definition) is 0. The average Bonchev–Trinajstić information content (AvgIpc) is 2.52. The quantitative estimate of drug-likeness (QED) is 0.704. The molecule has 0 N–H and O–H groups in total. The number of hydrogen-bond acceptors (Lipinski definition) is 3. The van der Waals surface area contributed by atoms with Crippen molar-refractivity contribution in [3.05, 3.63) is 65.2 Å². The van der Waals surface area contributed by atoms with Gasteiger partial charge in [-0.3, -0.25) is 4.79 Å². The van der Waals surface area contributed by atoms with Gasteiger partial charge >= 0.3 is 0 Å². The predicted molar refractivity (Wildman–Crippen MR) is 89.3 cm³/mol. The number of Topliss-reactive ketones (excluding diaryl/α,β-unsaturated/α-hetero) is 1. The van der Waals surface area contributed by atoms with E-state index < -0.39 is 0 Å². The van der Waals surface area contributed by atoms with Crippen LogP contribution in [0.25, 0.3) is 0 Å². The van der Waals surface area contributed by atoms with Gasteiger partial charge in [0.1, 0.15) is 12.4 Å². The number of rotatable bonds is 7. The van der Waals surface area contributed by atoms with E-state index in [1.807, 2.05) is 24.3 Å². The van der Waals surface area contributed by atoms with Gasteiger partial charge in [-0.15, -0.1) is 0 Å². The second-order valence-electron chi connectivity index (χ2n) is 4.86. The van der Waals surface area contributed by atoms with Crippen molar-refractivity contribution >= 4 is 17.5 Å². The summed E-state index contributed by atoms with van der Waals surface area (Å²) in [7, 11) is 0. The molecular weight excluding hydrogens is 280 g/mol. The van der Waals surface area contributed by atoms with Crippen LogP contribution in [0.3, 0.4) is 0 Å². The van der Waals surface area contributed by atoms with Crippen LogP contribution in [0.5, 0.6) is 5.75 Å². The fourth-order valence-corrected chi connectivity index (χ4v) is 2.42. The van der Waals surface area contributed by atoms with Crippen LogP contribution in [0.1, 0.15) is 28.4 Å². The Balaban J connectivity index is 1.90. The average molecular weight is 300 g/mol. The van der Waals surface area contributed by atoms with Crippen molar-refractivity contribution in [3.63, 3.8) is 0 Å². The fourth-order valence-electron chi connectivity index (χ4n) is 1.87. The van der Waals surface area contributed by atoms with Crippen molar-refractivity contribution in [2.75, 3.05) is 11.5 Å². The van der Waals surface area contributed by atoms with Crippen LogP contribution in [-0.4, -0.2) is 17.3 Å². The molecule has 0 atom stereocenters. The normalized spacial score (nSPS) is 10.4. The minimum Gasteiger partial charge on any atom is -0.489 e. The summed E-state index contributed by atoms with van der Waals surface area (Å²) in [6.45, 7) is 4.66. The Hall–Kier alpha value is -1.74. The first-order chi connectivity index (χ1) is 10.2. The summed E-state index contributed by atoms with van der Waals surface area (Å²) in [5.41, 5.74) is 3.13. The van der Waals surface area contributed by atoms with Gasteiger partial charge in [-0.25, -0.2) is 0 Å². The molecule has 0 spiro atoms. The second kappa shape index (κ2) is 7.89. The van der Waals surface area contributed by atoms with Gasteiger partial charge in [0, 0.05) is 5.56 Å². The summed E-state index contributed by atoms with van der Waals surface area (Å²) in [6.07, 6.45) is 0. The van der Waals surface area contributed by atoms with Gasteiger partial charge in [0.05, 0.1) is 5.75 Å². The van der Waals surface area contributed by atoms with Crippen LogP contribution < -0.4 is 4.74 Å². The zero-order valence-electron chi connectivity index (χ0n) is 12.5. The lowest BCUT2D eigenvalue weighted by Gasteiger charge is -2.07. The Labute approximate surface area is 130 Å². The molecule has 0 aliphatic rings. The Morgan fingerprint density at radius 3 is 2.33 bits per heavy atom. The van der Waals surface area contributed by atoms with Crippen LogP contribution in [-0.2, 0) is 6.61 Å². The molecule has 21 heavy (non-hydrogen) atoms. The molecule has 0 saturated heterocycles. The highest BCUT2D eigenvalue weighted by Crippen LogP contribution is 2.16. The van der Waals surface area contributed by atoms with Gasteiger partial charge in [0.25, 0.3) is 0 Å². The molecule has 3 heteroatoms. The first kappa shape index (κ1) is 15.6. The van der Waals surface area contributed by atoms with Gasteiger partial charge in [-0.2, -0.15) is 11.8 Å². The Kier molecular flexibility index (Phi) is 5.88. The maximum atomic E-state index is 11.9. The zero-order chi connectivity index (χ0) is 15.1. The van der Waals surface area contributed by atoms with E-state index in [4.69, 9.17) is 4.74 Å². The smallest absolute Gasteiger partial charge is 0.172 e. The van der Waals surface area contributed by atoms with Crippen LogP contribution in [0.15, 0.2) is 48.5 Å². The SMILES string of the molecule is CCSCC(=O)c1ccc(OCc2ccc(C)cc2)cc1. The van der Waals surface area contributed by atoms with Gasteiger partial charge in [-0.1, -0.05) is 36.8 Å². The number of carbonyl (C=O) groups is 1. The van der Waals surface area contributed by atoms with Crippen molar-refractivity contribution in [1.29, 1.82) is 0 Å². The Morgan fingerprint density at radius 2 is 1.71 bits per heavy atom. The Morgan fingerprint density at radius 1 is 1.05 bits per heavy atom. The number of thioether (sulfide) groups is 1. The lowest BCUT2D eigenvalue weighted by atomic mass is 10.1. The van der Waals surface area contributed by atoms with Gasteiger partial charge in [-0.05, 0) is 42.5 Å². The number of ketones is 1. The molecule has 110 valence electrons. The van der Waals surface area contributed by atoms with E-state index in [2.05, 4.69) is 38.1 Å². The molecule has 0 unspecified atom stereocenters. The third-order valence-corrected chi connectivity index (χ3v) is 4.01. The van der Waals surface area contributed by atoms with Gasteiger partial charge < -0.3 is 4.74 Å². The van der Waals surface area contributed by atoms with E-state index in [0.29, 0.717) is 12.4 Å². The molecule has 0 fully saturated rings. The molecule has 0 aliphatic heterocycles. The van der Waals surface area contributed by atoms with Crippen molar-refractivity contribution in [1.82, 2.24) is 0 Å². The maximum absolute atomic E-state index is 11.9. The second-order valence-corrected chi connectivity index (χ2v) is 6.13. The van der Waals surface area contributed by atoms with Crippen LogP contribution in [0, 0.1) is 6.92 Å². The molecule has 2 nitrogen and oxygen atoms in total. The molecular formula is C18H20O2S. The summed E-state index contributed by atoms with van der Waals surface area (Å²) in [5, 5.41) is 0. The van der Waals surface area contributed by atoms with Gasteiger partial charge in [0.2, 0.25) is 0 Å². The topological polar surface area (TPSA) is 26.3 Å². The lowest BCUT2D eigenvalue weighted by molar-refractivity contribution is 0.102. The molecule has 0 heterocycles. The summed E-state index contributed by atoms with van der Waals surface area (Å²) in [5.74, 6) is 2.46. The zero-order valence-corrected chi connectivity index (χ0v) is 13.3. The molecule has 2 aromatic rings. The fraction of sp³-hybridized carbons (Fsp3) is 0.278. The largest absolute Gasteiger partial charge is 0.489 e. The summed E-state index contributed by atoms with van der Waals surface area (Å²) in [6, 6.07) is 15.7. The highest BCUT2D eigenvalue weighted by atomic mass is 32.2. The van der Waals surface area contributed by atoms with Crippen molar-refractivity contribution in [2.45, 2.75) is 20.5 Å². The predicted octanol–water partition coefficient (Wildman–Crippen LogP) is 4.51. The van der Waals surface area contributed by atoms with Crippen molar-refractivity contribution < 1.29 is 9.53 Å². The molecule has 2 aromatic carbocycles. The summed E-state index contributed by atoms with van der Waals surface area (Å²) in [4.78, 5) is 11.9. The number of ether oxygens (including phenoxy) is 1. The van der Waals surface area contributed by atoms with Gasteiger partial charge in [0.15, 0.2) is 5.78 Å². The van der Waals surface area contributed by atoms with Crippen molar-refractivity contribution in [3.8, 4) is 5.75 Å². The summed E-state index contributed by atoms with van der Waals surface area (Å²) >= 11 is 1.64. The molecule has 0 aromatic heterocycles. The highest BCUT2D eigenvalue weighted by molar-refractivity contribution is 7.99. The lowest BCUT2D eigenvalue weighted by Crippen LogP contribution is -2.02. The minimum absolute atomic E-state index is 0.173. The number of benzene rings is 2. The standard InChI is InChI=1S/C18H20O2S/c1-3-21-13-18(19)16-8-10-17(11-9-16)20-12-15-6-4-14(2)5-7-15/h4-11H,3,12-13H2,1-2H3. The van der Waals surface area contributed by atoms with E-state index in [1.54, 1.807) is 11.8 Å². The van der Waals surface area contributed by atoms with Crippen LogP contribution in [0.4, 0.5) is 0 Å². The molecule has 0 amide bonds. The van der Waals surface area contributed by atoms with E-state index in [0.717, 1.165) is 22.6 Å². The van der Waals surface area contributed by atoms with E-state index in [-0.39, 0.29) is 5.78 Å². The van der Waals surface area contributed by atoms with E-state index in [9.17, 15) is 4.79 Å². The van der Waals surface area contributed by atoms with E-state index in [1.165, 1.54) is 5.56 Å². The van der Waals surface area contributed by atoms with Crippen LogP contribution >= 0.6 is 11.8 Å². The third kappa shape index (κ3) is 4.94. The van der Waals surface area contributed by atoms with Crippen LogP contribution in [0.2, 0.25) is 0 Å². The first-order valence-electron chi connectivity index (χ1n) is 7.08. The monoisotopic (exact) mass is 300 g/mol. The first-order valence-corrected chi connectivity index (χ1v) is 8.24. The third-order valence-electron chi connectivity index (χ3n) is 3.14. The molecule has 0 saturated carbocycles. The Bertz CT molecular complexity index is 573. The molecule has 0 bridgehead atoms. The molecule has 0 aliphatic carbocycles. The van der Waals surface area contributed by atoms with Crippen molar-refractivity contribution in [2.24, 2.45) is 0 Å². The maximum Gasteiger partial charge on any atom is 0.172 e. The number of carbonyl (C=O) groups excluding carboxylic acids is 1. The summed E-state index contributed by atoms with van der Waals surface area (Å²) < 4.78 is 5.73. The molecule has 0 radical (unpaired) electrons. The highest BCUT2D eigenvalue weighted by Gasteiger charge is 2.05. The minimum atomic E-state index is 0.173. The van der Waals surface area contributed by atoms with E-state index >= 15 is 0 Å². The number of aryl methyl sites for hydroxylation is 1.